The minimum Gasteiger partial charge on any atom is -0.493 e. The predicted molar refractivity (Wildman–Crippen MR) is 79.9 cm³/mol. The first-order valence-electron chi connectivity index (χ1n) is 7.02. The summed E-state index contributed by atoms with van der Waals surface area (Å²) in [5, 5.41) is 3.47. The molecule has 0 aliphatic rings. The zero-order valence-electron chi connectivity index (χ0n) is 12.2. The summed E-state index contributed by atoms with van der Waals surface area (Å²) >= 11 is 0. The van der Waals surface area contributed by atoms with Crippen LogP contribution in [0, 0.1) is 6.92 Å². The SMILES string of the molecule is [CH2]CCCCCNCCc1ccc(OC)c(OC)c1. The summed E-state index contributed by atoms with van der Waals surface area (Å²) in [6.45, 7) is 5.94. The van der Waals surface area contributed by atoms with Gasteiger partial charge in [0.2, 0.25) is 0 Å². The topological polar surface area (TPSA) is 30.5 Å². The van der Waals surface area contributed by atoms with Crippen LogP contribution in [0.1, 0.15) is 31.2 Å². The van der Waals surface area contributed by atoms with Crippen LogP contribution in [0.25, 0.3) is 0 Å². The molecule has 0 spiro atoms. The Morgan fingerprint density at radius 1 is 1.00 bits per heavy atom. The highest BCUT2D eigenvalue weighted by Gasteiger charge is 2.03. The Balaban J connectivity index is 2.26. The molecule has 3 heteroatoms. The number of methoxy groups -OCH3 is 2. The smallest absolute Gasteiger partial charge is 0.160 e. The summed E-state index contributed by atoms with van der Waals surface area (Å²) in [6.07, 6.45) is 5.80. The molecule has 1 aromatic carbocycles. The van der Waals surface area contributed by atoms with E-state index in [1.54, 1.807) is 14.2 Å². The molecule has 0 saturated heterocycles. The van der Waals surface area contributed by atoms with Crippen molar-refractivity contribution < 1.29 is 9.47 Å². The normalized spacial score (nSPS) is 10.5. The van der Waals surface area contributed by atoms with Crippen LogP contribution >= 0.6 is 0 Å². The van der Waals surface area contributed by atoms with Gasteiger partial charge in [-0.3, -0.25) is 0 Å². The highest BCUT2D eigenvalue weighted by atomic mass is 16.5. The molecule has 1 aromatic rings. The molecule has 0 bridgehead atoms. The van der Waals surface area contributed by atoms with E-state index in [-0.39, 0.29) is 0 Å². The number of hydrogen-bond acceptors (Lipinski definition) is 3. The maximum atomic E-state index is 5.30. The zero-order valence-corrected chi connectivity index (χ0v) is 12.2. The van der Waals surface area contributed by atoms with Crippen molar-refractivity contribution in [1.29, 1.82) is 0 Å². The number of nitrogens with one attached hydrogen (secondary N) is 1. The van der Waals surface area contributed by atoms with E-state index >= 15 is 0 Å². The van der Waals surface area contributed by atoms with Gasteiger partial charge in [0.15, 0.2) is 11.5 Å². The molecule has 19 heavy (non-hydrogen) atoms. The summed E-state index contributed by atoms with van der Waals surface area (Å²) < 4.78 is 10.5. The van der Waals surface area contributed by atoms with Gasteiger partial charge in [0.25, 0.3) is 0 Å². The van der Waals surface area contributed by atoms with Gasteiger partial charge in [-0.25, -0.2) is 0 Å². The van der Waals surface area contributed by atoms with E-state index in [0.29, 0.717) is 0 Å². The molecule has 0 unspecified atom stereocenters. The van der Waals surface area contributed by atoms with Crippen molar-refractivity contribution in [3.05, 3.63) is 30.7 Å². The Morgan fingerprint density at radius 2 is 1.79 bits per heavy atom. The van der Waals surface area contributed by atoms with Crippen LogP contribution in [-0.4, -0.2) is 27.3 Å². The lowest BCUT2D eigenvalue weighted by molar-refractivity contribution is 0.354. The molecule has 107 valence electrons. The number of hydrogen-bond donors (Lipinski definition) is 1. The molecule has 0 aromatic heterocycles. The van der Waals surface area contributed by atoms with Gasteiger partial charge in [0.05, 0.1) is 14.2 Å². The van der Waals surface area contributed by atoms with E-state index in [4.69, 9.17) is 9.47 Å². The summed E-state index contributed by atoms with van der Waals surface area (Å²) in [7, 11) is 3.33. The van der Waals surface area contributed by atoms with E-state index < -0.39 is 0 Å². The molecule has 0 atom stereocenters. The summed E-state index contributed by atoms with van der Waals surface area (Å²) in [5.74, 6) is 1.59. The molecule has 1 rings (SSSR count). The van der Waals surface area contributed by atoms with Gasteiger partial charge in [-0.05, 0) is 43.6 Å². The van der Waals surface area contributed by atoms with Gasteiger partial charge >= 0.3 is 0 Å². The second-order valence-electron chi connectivity index (χ2n) is 4.60. The highest BCUT2D eigenvalue weighted by molar-refractivity contribution is 5.42. The van der Waals surface area contributed by atoms with Gasteiger partial charge in [-0.2, -0.15) is 0 Å². The molecule has 1 N–H and O–H groups in total. The number of ether oxygens (including phenoxy) is 2. The van der Waals surface area contributed by atoms with Crippen LogP contribution in [0.5, 0.6) is 11.5 Å². The largest absolute Gasteiger partial charge is 0.493 e. The van der Waals surface area contributed by atoms with Gasteiger partial charge in [-0.1, -0.05) is 32.3 Å². The predicted octanol–water partition coefficient (Wildman–Crippen LogP) is 3.23. The second kappa shape index (κ2) is 9.68. The van der Waals surface area contributed by atoms with Crippen LogP contribution in [-0.2, 0) is 6.42 Å². The fraction of sp³-hybridized carbons (Fsp3) is 0.562. The summed E-state index contributed by atoms with van der Waals surface area (Å²) in [4.78, 5) is 0. The molecule has 0 saturated carbocycles. The minimum atomic E-state index is 0.785. The summed E-state index contributed by atoms with van der Waals surface area (Å²) in [5.41, 5.74) is 1.27. The van der Waals surface area contributed by atoms with Crippen molar-refractivity contribution in [2.75, 3.05) is 27.3 Å². The standard InChI is InChI=1S/C16H26NO2/c1-4-5-6-7-11-17-12-10-14-8-9-15(18-2)16(13-14)19-3/h8-9,13,17H,1,4-7,10-12H2,2-3H3. The lowest BCUT2D eigenvalue weighted by Crippen LogP contribution is -2.18. The molecular formula is C16H26NO2. The average molecular weight is 264 g/mol. The first-order chi connectivity index (χ1) is 9.31. The Bertz CT molecular complexity index is 353. The van der Waals surface area contributed by atoms with Crippen LogP contribution in [0.15, 0.2) is 18.2 Å². The van der Waals surface area contributed by atoms with Crippen molar-refractivity contribution in [3.8, 4) is 11.5 Å². The third kappa shape index (κ3) is 5.97. The highest BCUT2D eigenvalue weighted by Crippen LogP contribution is 2.27. The van der Waals surface area contributed by atoms with Gasteiger partial charge in [0, 0.05) is 0 Å². The van der Waals surface area contributed by atoms with Gasteiger partial charge in [-0.15, -0.1) is 0 Å². The maximum Gasteiger partial charge on any atom is 0.160 e. The van der Waals surface area contributed by atoms with E-state index in [2.05, 4.69) is 18.3 Å². The van der Waals surface area contributed by atoms with Crippen molar-refractivity contribution in [2.24, 2.45) is 0 Å². The Labute approximate surface area is 117 Å². The van der Waals surface area contributed by atoms with E-state index in [1.165, 1.54) is 24.8 Å². The Hall–Kier alpha value is -1.22. The molecule has 0 heterocycles. The van der Waals surface area contributed by atoms with Crippen molar-refractivity contribution in [1.82, 2.24) is 5.32 Å². The van der Waals surface area contributed by atoms with E-state index in [0.717, 1.165) is 37.4 Å². The lowest BCUT2D eigenvalue weighted by atomic mass is 10.1. The Kier molecular flexibility index (Phi) is 8.07. The fourth-order valence-electron chi connectivity index (χ4n) is 2.00. The monoisotopic (exact) mass is 264 g/mol. The third-order valence-corrected chi connectivity index (χ3v) is 3.14. The van der Waals surface area contributed by atoms with Crippen LogP contribution < -0.4 is 14.8 Å². The van der Waals surface area contributed by atoms with Crippen LogP contribution in [0.3, 0.4) is 0 Å². The van der Waals surface area contributed by atoms with Crippen molar-refractivity contribution in [3.63, 3.8) is 0 Å². The molecule has 1 radical (unpaired) electrons. The second-order valence-corrected chi connectivity index (χ2v) is 4.60. The molecule has 3 nitrogen and oxygen atoms in total. The molecule has 0 aliphatic heterocycles. The molecular weight excluding hydrogens is 238 g/mol. The average Bonchev–Trinajstić information content (AvgIpc) is 2.46. The molecule has 0 amide bonds. The van der Waals surface area contributed by atoms with Crippen LogP contribution in [0.2, 0.25) is 0 Å². The third-order valence-electron chi connectivity index (χ3n) is 3.14. The Morgan fingerprint density at radius 3 is 2.47 bits per heavy atom. The molecule has 0 fully saturated rings. The maximum absolute atomic E-state index is 5.30. The number of rotatable bonds is 10. The number of benzene rings is 1. The first-order valence-corrected chi connectivity index (χ1v) is 7.02. The summed E-state index contributed by atoms with van der Waals surface area (Å²) in [6, 6.07) is 6.09. The molecule has 0 aliphatic carbocycles. The first kappa shape index (κ1) is 15.8. The fourth-order valence-corrected chi connectivity index (χ4v) is 2.00. The quantitative estimate of drug-likeness (QED) is 0.658. The number of unbranched alkanes of at least 4 members (excludes halogenated alkanes) is 3. The lowest BCUT2D eigenvalue weighted by Gasteiger charge is -2.10. The van der Waals surface area contributed by atoms with Crippen molar-refractivity contribution >= 4 is 0 Å². The van der Waals surface area contributed by atoms with Gasteiger partial charge < -0.3 is 14.8 Å². The van der Waals surface area contributed by atoms with Crippen molar-refractivity contribution in [2.45, 2.75) is 32.1 Å². The van der Waals surface area contributed by atoms with Crippen LogP contribution in [0.4, 0.5) is 0 Å². The van der Waals surface area contributed by atoms with E-state index in [1.807, 2.05) is 12.1 Å². The zero-order chi connectivity index (χ0) is 13.9. The van der Waals surface area contributed by atoms with Gasteiger partial charge in [0.1, 0.15) is 0 Å². The van der Waals surface area contributed by atoms with E-state index in [9.17, 15) is 0 Å². The minimum absolute atomic E-state index is 0.785.